The van der Waals surface area contributed by atoms with Gasteiger partial charge >= 0.3 is 0 Å². The van der Waals surface area contributed by atoms with Gasteiger partial charge in [-0.3, -0.25) is 4.98 Å². The van der Waals surface area contributed by atoms with Gasteiger partial charge < -0.3 is 0 Å². The van der Waals surface area contributed by atoms with E-state index in [0.717, 1.165) is 18.8 Å². The Labute approximate surface area is 202 Å². The SMILES string of the molecule is CCCCCCCCc1ccc([C@H]2CC[C@H](C3CCC(CCCCC)CC3)CC2(F)F)nc1. The van der Waals surface area contributed by atoms with Crippen LogP contribution in [0.2, 0.25) is 0 Å². The van der Waals surface area contributed by atoms with Gasteiger partial charge in [0.05, 0.1) is 5.92 Å². The van der Waals surface area contributed by atoms with Crippen LogP contribution < -0.4 is 0 Å². The highest BCUT2D eigenvalue weighted by atomic mass is 19.3. The van der Waals surface area contributed by atoms with Gasteiger partial charge in [0, 0.05) is 18.3 Å². The Bertz CT molecular complexity index is 648. The van der Waals surface area contributed by atoms with Gasteiger partial charge in [0.2, 0.25) is 0 Å². The molecule has 2 atom stereocenters. The average molecular weight is 462 g/mol. The second-order valence-corrected chi connectivity index (χ2v) is 11.2. The second-order valence-electron chi connectivity index (χ2n) is 11.2. The molecule has 1 heterocycles. The van der Waals surface area contributed by atoms with E-state index in [-0.39, 0.29) is 12.3 Å². The molecule has 0 saturated heterocycles. The van der Waals surface area contributed by atoms with Gasteiger partial charge in [0.15, 0.2) is 0 Å². The van der Waals surface area contributed by atoms with Crippen molar-refractivity contribution in [3.8, 4) is 0 Å². The summed E-state index contributed by atoms with van der Waals surface area (Å²) < 4.78 is 30.5. The van der Waals surface area contributed by atoms with Gasteiger partial charge in [0.25, 0.3) is 5.92 Å². The van der Waals surface area contributed by atoms with Crippen LogP contribution in [0.1, 0.15) is 140 Å². The minimum atomic E-state index is -2.62. The first-order valence-electron chi connectivity index (χ1n) is 14.4. The molecule has 2 aliphatic carbocycles. The molecule has 1 aromatic heterocycles. The lowest BCUT2D eigenvalue weighted by Crippen LogP contribution is -2.38. The van der Waals surface area contributed by atoms with Crippen LogP contribution in [0.4, 0.5) is 8.78 Å². The topological polar surface area (TPSA) is 12.9 Å². The molecule has 1 nitrogen and oxygen atoms in total. The molecule has 0 radical (unpaired) electrons. The van der Waals surface area contributed by atoms with Gasteiger partial charge in [-0.25, -0.2) is 8.78 Å². The quantitative estimate of drug-likeness (QED) is 0.266. The molecular weight excluding hydrogens is 412 g/mol. The van der Waals surface area contributed by atoms with Crippen LogP contribution in [-0.2, 0) is 6.42 Å². The number of aromatic nitrogens is 1. The lowest BCUT2D eigenvalue weighted by atomic mass is 9.67. The van der Waals surface area contributed by atoms with Crippen LogP contribution in [0.3, 0.4) is 0 Å². The van der Waals surface area contributed by atoms with E-state index in [1.54, 1.807) is 0 Å². The summed E-state index contributed by atoms with van der Waals surface area (Å²) in [5.74, 6) is -1.73. The van der Waals surface area contributed by atoms with Crippen molar-refractivity contribution in [1.29, 1.82) is 0 Å². The second kappa shape index (κ2) is 13.8. The van der Waals surface area contributed by atoms with Crippen LogP contribution in [0.15, 0.2) is 18.3 Å². The largest absolute Gasteiger partial charge is 0.260 e. The first kappa shape index (κ1) is 26.6. The Morgan fingerprint density at radius 2 is 1.45 bits per heavy atom. The van der Waals surface area contributed by atoms with E-state index < -0.39 is 11.8 Å². The molecule has 3 heteroatoms. The van der Waals surface area contributed by atoms with Crippen molar-refractivity contribution in [2.24, 2.45) is 17.8 Å². The smallest absolute Gasteiger partial charge is 0.256 e. The van der Waals surface area contributed by atoms with E-state index in [4.69, 9.17) is 0 Å². The molecule has 188 valence electrons. The summed E-state index contributed by atoms with van der Waals surface area (Å²) in [7, 11) is 0. The zero-order valence-electron chi connectivity index (χ0n) is 21.5. The third kappa shape index (κ3) is 8.32. The van der Waals surface area contributed by atoms with Crippen molar-refractivity contribution in [2.45, 2.75) is 141 Å². The van der Waals surface area contributed by atoms with Gasteiger partial charge in [-0.05, 0) is 67.9 Å². The first-order chi connectivity index (χ1) is 16.0. The number of nitrogens with zero attached hydrogens (tertiary/aromatic N) is 1. The molecule has 2 aliphatic rings. The molecule has 2 fully saturated rings. The molecule has 0 aromatic carbocycles. The van der Waals surface area contributed by atoms with Gasteiger partial charge in [-0.1, -0.05) is 90.5 Å². The maximum absolute atomic E-state index is 15.3. The summed E-state index contributed by atoms with van der Waals surface area (Å²) in [4.78, 5) is 4.53. The van der Waals surface area contributed by atoms with E-state index in [1.807, 2.05) is 12.3 Å². The zero-order chi connectivity index (χ0) is 23.5. The standard InChI is InChI=1S/C30H49F2N/c1-3-5-7-8-9-11-13-25-16-21-29(33-23-25)28-20-19-27(22-30(28,31)32)26-17-14-24(15-18-26)12-10-6-4-2/h16,21,23-24,26-28H,3-15,17-20,22H2,1-2H3/t24?,26?,27-,28+/m0/s1. The Morgan fingerprint density at radius 1 is 0.788 bits per heavy atom. The summed E-state index contributed by atoms with van der Waals surface area (Å²) in [6.45, 7) is 4.50. The minimum Gasteiger partial charge on any atom is -0.260 e. The number of pyridine rings is 1. The number of hydrogen-bond acceptors (Lipinski definition) is 1. The van der Waals surface area contributed by atoms with Crippen molar-refractivity contribution in [3.63, 3.8) is 0 Å². The number of halogens is 2. The Morgan fingerprint density at radius 3 is 2.12 bits per heavy atom. The predicted molar refractivity (Wildman–Crippen MR) is 136 cm³/mol. The Balaban J connectivity index is 1.43. The molecule has 1 aromatic rings. The number of unbranched alkanes of at least 4 members (excludes halogenated alkanes) is 7. The van der Waals surface area contributed by atoms with Crippen molar-refractivity contribution >= 4 is 0 Å². The fourth-order valence-electron chi connectivity index (χ4n) is 6.48. The van der Waals surface area contributed by atoms with Crippen LogP contribution in [0, 0.1) is 17.8 Å². The lowest BCUT2D eigenvalue weighted by molar-refractivity contribution is -0.0855. The normalized spacial score (nSPS) is 27.5. The van der Waals surface area contributed by atoms with Crippen molar-refractivity contribution < 1.29 is 8.78 Å². The number of hydrogen-bond donors (Lipinski definition) is 0. The van der Waals surface area contributed by atoms with Crippen molar-refractivity contribution in [2.75, 3.05) is 0 Å². The molecule has 3 rings (SSSR count). The summed E-state index contributed by atoms with van der Waals surface area (Å²) in [6, 6.07) is 3.95. The third-order valence-electron chi connectivity index (χ3n) is 8.67. The first-order valence-corrected chi connectivity index (χ1v) is 14.4. The average Bonchev–Trinajstić information content (AvgIpc) is 2.82. The van der Waals surface area contributed by atoms with E-state index in [1.165, 1.54) is 95.5 Å². The Hall–Kier alpha value is -0.990. The molecular formula is C30H49F2N. The van der Waals surface area contributed by atoms with Crippen LogP contribution in [0.5, 0.6) is 0 Å². The fourth-order valence-corrected chi connectivity index (χ4v) is 6.48. The number of aryl methyl sites for hydroxylation is 1. The van der Waals surface area contributed by atoms with Gasteiger partial charge in [-0.2, -0.15) is 0 Å². The van der Waals surface area contributed by atoms with Gasteiger partial charge in [-0.15, -0.1) is 0 Å². The molecule has 0 bridgehead atoms. The van der Waals surface area contributed by atoms with Crippen molar-refractivity contribution in [3.05, 3.63) is 29.6 Å². The highest BCUT2D eigenvalue weighted by Gasteiger charge is 2.48. The maximum Gasteiger partial charge on any atom is 0.256 e. The highest BCUT2D eigenvalue weighted by molar-refractivity contribution is 5.20. The van der Waals surface area contributed by atoms with Crippen LogP contribution >= 0.6 is 0 Å². The number of alkyl halides is 2. The maximum atomic E-state index is 15.3. The Kier molecular flexibility index (Phi) is 11.1. The molecule has 0 unspecified atom stereocenters. The molecule has 33 heavy (non-hydrogen) atoms. The third-order valence-corrected chi connectivity index (χ3v) is 8.67. The highest BCUT2D eigenvalue weighted by Crippen LogP contribution is 2.51. The lowest BCUT2D eigenvalue weighted by Gasteiger charge is -2.41. The zero-order valence-corrected chi connectivity index (χ0v) is 21.5. The van der Waals surface area contributed by atoms with E-state index in [0.29, 0.717) is 18.0 Å². The summed E-state index contributed by atoms with van der Waals surface area (Å²) >= 11 is 0. The number of rotatable bonds is 13. The summed E-state index contributed by atoms with van der Waals surface area (Å²) in [5, 5.41) is 0. The molecule has 0 amide bonds. The molecule has 2 saturated carbocycles. The van der Waals surface area contributed by atoms with Crippen LogP contribution in [-0.4, -0.2) is 10.9 Å². The van der Waals surface area contributed by atoms with E-state index >= 15 is 8.78 Å². The molecule has 0 N–H and O–H groups in total. The predicted octanol–water partition coefficient (Wildman–Crippen LogP) is 9.89. The van der Waals surface area contributed by atoms with E-state index in [2.05, 4.69) is 24.9 Å². The monoisotopic (exact) mass is 461 g/mol. The molecule has 0 spiro atoms. The van der Waals surface area contributed by atoms with Crippen LogP contribution in [0.25, 0.3) is 0 Å². The van der Waals surface area contributed by atoms with Crippen molar-refractivity contribution in [1.82, 2.24) is 4.98 Å². The minimum absolute atomic E-state index is 0.0734. The fraction of sp³-hybridized carbons (Fsp3) is 0.833. The molecule has 0 aliphatic heterocycles. The summed E-state index contributed by atoms with van der Waals surface area (Å²) in [5.41, 5.74) is 1.81. The van der Waals surface area contributed by atoms with E-state index in [9.17, 15) is 0 Å². The van der Waals surface area contributed by atoms with Gasteiger partial charge in [0.1, 0.15) is 0 Å². The summed E-state index contributed by atoms with van der Waals surface area (Å²) in [6.07, 6.45) is 22.4.